The molecule has 4 nitrogen and oxygen atoms in total. The van der Waals surface area contributed by atoms with E-state index in [0.717, 1.165) is 5.56 Å². The second-order valence-corrected chi connectivity index (χ2v) is 6.81. The van der Waals surface area contributed by atoms with Crippen LogP contribution in [0.25, 0.3) is 0 Å². The van der Waals surface area contributed by atoms with E-state index >= 15 is 0 Å². The molecule has 1 heterocycles. The van der Waals surface area contributed by atoms with Crippen LogP contribution in [-0.4, -0.2) is 12.5 Å². The summed E-state index contributed by atoms with van der Waals surface area (Å²) in [5.74, 6) is 0.808. The third-order valence-electron chi connectivity index (χ3n) is 3.86. The van der Waals surface area contributed by atoms with Crippen LogP contribution in [0.4, 0.5) is 10.1 Å². The lowest BCUT2D eigenvalue weighted by atomic mass is 10.2. The van der Waals surface area contributed by atoms with Gasteiger partial charge in [-0.15, -0.1) is 11.3 Å². The predicted molar refractivity (Wildman–Crippen MR) is 105 cm³/mol. The normalized spacial score (nSPS) is 10.5. The highest BCUT2D eigenvalue weighted by Gasteiger charge is 2.12. The highest BCUT2D eigenvalue weighted by Crippen LogP contribution is 2.28. The number of para-hydroxylation sites is 2. The highest BCUT2D eigenvalue weighted by atomic mass is 32.1. The van der Waals surface area contributed by atoms with Crippen LogP contribution in [0.2, 0.25) is 0 Å². The summed E-state index contributed by atoms with van der Waals surface area (Å²) in [5.41, 5.74) is 2.17. The molecule has 2 aromatic carbocycles. The lowest BCUT2D eigenvalue weighted by Crippen LogP contribution is -2.11. The van der Waals surface area contributed by atoms with Crippen LogP contribution in [0, 0.1) is 12.7 Å². The van der Waals surface area contributed by atoms with Crippen LogP contribution >= 0.6 is 11.3 Å². The summed E-state index contributed by atoms with van der Waals surface area (Å²) in [6.45, 7) is 4.57. The van der Waals surface area contributed by atoms with Crippen LogP contribution in [0.5, 0.6) is 11.5 Å². The van der Waals surface area contributed by atoms with E-state index in [2.05, 4.69) is 5.32 Å². The van der Waals surface area contributed by atoms with Gasteiger partial charge in [-0.3, -0.25) is 4.79 Å². The summed E-state index contributed by atoms with van der Waals surface area (Å²) in [6.07, 6.45) is 0. The molecule has 27 heavy (non-hydrogen) atoms. The Kier molecular flexibility index (Phi) is 6.08. The molecule has 0 unspecified atom stereocenters. The molecule has 0 radical (unpaired) electrons. The molecule has 6 heteroatoms. The average molecular weight is 385 g/mol. The number of thiophene rings is 1. The van der Waals surface area contributed by atoms with Gasteiger partial charge in [-0.2, -0.15) is 0 Å². The average Bonchev–Trinajstić information content (AvgIpc) is 3.13. The predicted octanol–water partition coefficient (Wildman–Crippen LogP) is 5.43. The first kappa shape index (κ1) is 18.9. The molecule has 0 atom stereocenters. The van der Waals surface area contributed by atoms with E-state index in [1.807, 2.05) is 36.6 Å². The molecule has 1 N–H and O–H groups in total. The highest BCUT2D eigenvalue weighted by molar-refractivity contribution is 7.12. The largest absolute Gasteiger partial charge is 0.490 e. The van der Waals surface area contributed by atoms with Crippen LogP contribution in [0.15, 0.2) is 53.9 Å². The van der Waals surface area contributed by atoms with E-state index in [-0.39, 0.29) is 11.7 Å². The van der Waals surface area contributed by atoms with Crippen molar-refractivity contribution < 1.29 is 18.7 Å². The number of hydrogen-bond donors (Lipinski definition) is 1. The topological polar surface area (TPSA) is 47.6 Å². The number of ether oxygens (including phenoxy) is 2. The zero-order chi connectivity index (χ0) is 19.2. The first-order valence-corrected chi connectivity index (χ1v) is 9.44. The number of hydrogen-bond acceptors (Lipinski definition) is 4. The van der Waals surface area contributed by atoms with Gasteiger partial charge in [0.2, 0.25) is 0 Å². The molecular weight excluding hydrogens is 365 g/mol. The number of benzene rings is 2. The van der Waals surface area contributed by atoms with E-state index in [1.165, 1.54) is 23.5 Å². The monoisotopic (exact) mass is 385 g/mol. The Labute approximate surface area is 161 Å². The molecule has 1 aromatic heterocycles. The van der Waals surface area contributed by atoms with E-state index in [9.17, 15) is 9.18 Å². The standard InChI is InChI=1S/C21H20FNO3S/c1-3-25-18-6-4-5-7-19(18)26-12-15-11-20(27-13-15)21(24)23-17-9-8-16(22)10-14(17)2/h4-11,13H,3,12H2,1-2H3,(H,23,24). The summed E-state index contributed by atoms with van der Waals surface area (Å²) >= 11 is 1.34. The fourth-order valence-electron chi connectivity index (χ4n) is 2.53. The smallest absolute Gasteiger partial charge is 0.265 e. The van der Waals surface area contributed by atoms with Gasteiger partial charge in [-0.1, -0.05) is 12.1 Å². The summed E-state index contributed by atoms with van der Waals surface area (Å²) in [6, 6.07) is 13.6. The number of nitrogens with one attached hydrogen (secondary N) is 1. The second kappa shape index (κ2) is 8.68. The van der Waals surface area contributed by atoms with E-state index in [4.69, 9.17) is 9.47 Å². The number of carbonyl (C=O) groups excluding carboxylic acids is 1. The minimum Gasteiger partial charge on any atom is -0.490 e. The lowest BCUT2D eigenvalue weighted by Gasteiger charge is -2.10. The molecule has 0 bridgehead atoms. The molecule has 0 saturated carbocycles. The maximum atomic E-state index is 13.2. The van der Waals surface area contributed by atoms with Gasteiger partial charge in [0.05, 0.1) is 11.5 Å². The van der Waals surface area contributed by atoms with Gasteiger partial charge in [-0.05, 0) is 61.2 Å². The van der Waals surface area contributed by atoms with Gasteiger partial charge in [0.25, 0.3) is 5.91 Å². The fourth-order valence-corrected chi connectivity index (χ4v) is 3.32. The molecule has 140 valence electrons. The van der Waals surface area contributed by atoms with Crippen molar-refractivity contribution in [1.82, 2.24) is 0 Å². The minimum absolute atomic E-state index is 0.226. The third kappa shape index (κ3) is 4.86. The zero-order valence-electron chi connectivity index (χ0n) is 15.1. The van der Waals surface area contributed by atoms with E-state index in [1.54, 1.807) is 19.1 Å². The first-order valence-electron chi connectivity index (χ1n) is 8.56. The second-order valence-electron chi connectivity index (χ2n) is 5.90. The number of rotatable bonds is 7. The molecule has 0 spiro atoms. The molecular formula is C21H20FNO3S. The van der Waals surface area contributed by atoms with Gasteiger partial charge in [0.15, 0.2) is 11.5 Å². The van der Waals surface area contributed by atoms with Crippen molar-refractivity contribution in [2.75, 3.05) is 11.9 Å². The van der Waals surface area contributed by atoms with Gasteiger partial charge < -0.3 is 14.8 Å². The maximum absolute atomic E-state index is 13.2. The Hall–Kier alpha value is -2.86. The summed E-state index contributed by atoms with van der Waals surface area (Å²) in [4.78, 5) is 13.0. The van der Waals surface area contributed by atoms with Gasteiger partial charge in [0.1, 0.15) is 12.4 Å². The summed E-state index contributed by atoms with van der Waals surface area (Å²) < 4.78 is 24.5. The lowest BCUT2D eigenvalue weighted by molar-refractivity contribution is 0.103. The number of carbonyl (C=O) groups is 1. The van der Waals surface area contributed by atoms with Crippen molar-refractivity contribution in [3.05, 3.63) is 75.7 Å². The maximum Gasteiger partial charge on any atom is 0.265 e. The molecule has 3 aromatic rings. The van der Waals surface area contributed by atoms with Crippen LogP contribution < -0.4 is 14.8 Å². The zero-order valence-corrected chi connectivity index (χ0v) is 15.9. The van der Waals surface area contributed by atoms with E-state index < -0.39 is 0 Å². The molecule has 0 aliphatic heterocycles. The van der Waals surface area contributed by atoms with Crippen molar-refractivity contribution in [2.24, 2.45) is 0 Å². The number of amides is 1. The fraction of sp³-hybridized carbons (Fsp3) is 0.190. The van der Waals surface area contributed by atoms with Crippen molar-refractivity contribution in [3.8, 4) is 11.5 Å². The van der Waals surface area contributed by atoms with Crippen molar-refractivity contribution in [3.63, 3.8) is 0 Å². The Morgan fingerprint density at radius 2 is 1.85 bits per heavy atom. The first-order chi connectivity index (χ1) is 13.1. The minimum atomic E-state index is -0.326. The van der Waals surface area contributed by atoms with Crippen molar-refractivity contribution in [2.45, 2.75) is 20.5 Å². The Bertz CT molecular complexity index is 939. The van der Waals surface area contributed by atoms with Gasteiger partial charge >= 0.3 is 0 Å². The van der Waals surface area contributed by atoms with E-state index in [0.29, 0.717) is 40.8 Å². The molecule has 0 aliphatic rings. The Morgan fingerprint density at radius 3 is 2.56 bits per heavy atom. The quantitative estimate of drug-likeness (QED) is 0.590. The number of halogens is 1. The molecule has 1 amide bonds. The van der Waals surface area contributed by atoms with Crippen LogP contribution in [0.1, 0.15) is 27.7 Å². The molecule has 3 rings (SSSR count). The summed E-state index contributed by atoms with van der Waals surface area (Å²) in [7, 11) is 0. The SMILES string of the molecule is CCOc1ccccc1OCc1csc(C(=O)Nc2ccc(F)cc2C)c1. The van der Waals surface area contributed by atoms with Crippen LogP contribution in [-0.2, 0) is 6.61 Å². The van der Waals surface area contributed by atoms with Gasteiger partial charge in [-0.25, -0.2) is 4.39 Å². The van der Waals surface area contributed by atoms with Crippen molar-refractivity contribution >= 4 is 22.9 Å². The molecule has 0 fully saturated rings. The Balaban J connectivity index is 1.63. The van der Waals surface area contributed by atoms with Gasteiger partial charge in [0, 0.05) is 11.3 Å². The number of anilines is 1. The summed E-state index contributed by atoms with van der Waals surface area (Å²) in [5, 5.41) is 4.70. The Morgan fingerprint density at radius 1 is 1.11 bits per heavy atom. The van der Waals surface area contributed by atoms with Crippen LogP contribution in [0.3, 0.4) is 0 Å². The molecule has 0 saturated heterocycles. The number of aryl methyl sites for hydroxylation is 1. The third-order valence-corrected chi connectivity index (χ3v) is 4.84. The van der Waals surface area contributed by atoms with Crippen molar-refractivity contribution in [1.29, 1.82) is 0 Å². The molecule has 0 aliphatic carbocycles.